The van der Waals surface area contributed by atoms with E-state index >= 15 is 0 Å². The van der Waals surface area contributed by atoms with Crippen LogP contribution in [0.3, 0.4) is 0 Å². The van der Waals surface area contributed by atoms with E-state index in [0.29, 0.717) is 11.3 Å². The lowest BCUT2D eigenvalue weighted by Gasteiger charge is -2.08. The third-order valence-corrected chi connectivity index (χ3v) is 3.74. The Kier molecular flexibility index (Phi) is 6.05. The lowest BCUT2D eigenvalue weighted by Crippen LogP contribution is -2.15. The summed E-state index contributed by atoms with van der Waals surface area (Å²) in [6.07, 6.45) is 1.45. The molecule has 120 valence electrons. The van der Waals surface area contributed by atoms with Crippen molar-refractivity contribution >= 4 is 35.1 Å². The Bertz CT molecular complexity index is 686. The minimum atomic E-state index is -0.544. The highest BCUT2D eigenvalue weighted by Crippen LogP contribution is 2.18. The van der Waals surface area contributed by atoms with E-state index < -0.39 is 6.09 Å². The minimum Gasteiger partial charge on any atom is -0.450 e. The zero-order valence-electron chi connectivity index (χ0n) is 13.0. The molecule has 0 aromatic heterocycles. The molecule has 2 amide bonds. The molecule has 0 unspecified atom stereocenters. The summed E-state index contributed by atoms with van der Waals surface area (Å²) in [7, 11) is 0. The maximum atomic E-state index is 12.3. The molecule has 0 atom stereocenters. The maximum Gasteiger partial charge on any atom is 0.411 e. The number of anilines is 2. The molecule has 0 aliphatic rings. The maximum absolute atomic E-state index is 12.3. The van der Waals surface area contributed by atoms with Crippen LogP contribution in [-0.2, 0) is 4.74 Å². The number of carbonyl (C=O) groups excluding carboxylic acids is 2. The highest BCUT2D eigenvalue weighted by Gasteiger charge is 2.08. The molecule has 0 aliphatic heterocycles. The van der Waals surface area contributed by atoms with Crippen LogP contribution in [-0.4, -0.2) is 24.9 Å². The van der Waals surface area contributed by atoms with Gasteiger partial charge in [-0.05, 0) is 55.6 Å². The van der Waals surface area contributed by atoms with Crippen LogP contribution in [0.5, 0.6) is 0 Å². The smallest absolute Gasteiger partial charge is 0.411 e. The van der Waals surface area contributed by atoms with E-state index in [2.05, 4.69) is 10.6 Å². The van der Waals surface area contributed by atoms with E-state index in [1.165, 1.54) is 0 Å². The summed E-state index contributed by atoms with van der Waals surface area (Å²) in [5.41, 5.74) is 1.68. The molecule has 0 bridgehead atoms. The number of amides is 2. The Morgan fingerprint density at radius 2 is 1.78 bits per heavy atom. The van der Waals surface area contributed by atoms with Gasteiger partial charge in [-0.15, -0.1) is 11.8 Å². The predicted molar refractivity (Wildman–Crippen MR) is 93.3 cm³/mol. The van der Waals surface area contributed by atoms with Gasteiger partial charge in [0, 0.05) is 21.8 Å². The van der Waals surface area contributed by atoms with Crippen molar-refractivity contribution in [2.45, 2.75) is 11.8 Å². The summed E-state index contributed by atoms with van der Waals surface area (Å²) in [6.45, 7) is 2.02. The second kappa shape index (κ2) is 8.24. The third-order valence-electron chi connectivity index (χ3n) is 2.99. The molecule has 0 spiro atoms. The zero-order valence-corrected chi connectivity index (χ0v) is 13.8. The van der Waals surface area contributed by atoms with E-state index in [0.717, 1.165) is 10.6 Å². The molecule has 6 heteroatoms. The lowest BCUT2D eigenvalue weighted by atomic mass is 10.2. The molecule has 23 heavy (non-hydrogen) atoms. The molecule has 0 saturated heterocycles. The fraction of sp³-hybridized carbons (Fsp3) is 0.176. The number of carbonyl (C=O) groups is 2. The molecule has 0 fully saturated rings. The van der Waals surface area contributed by atoms with E-state index in [9.17, 15) is 9.59 Å². The van der Waals surface area contributed by atoms with E-state index in [-0.39, 0.29) is 12.5 Å². The van der Waals surface area contributed by atoms with Crippen LogP contribution in [0.15, 0.2) is 53.4 Å². The number of rotatable bonds is 5. The first-order valence-corrected chi connectivity index (χ1v) is 8.34. The van der Waals surface area contributed by atoms with Crippen molar-refractivity contribution in [3.05, 3.63) is 54.1 Å². The van der Waals surface area contributed by atoms with Crippen LogP contribution in [0.1, 0.15) is 17.3 Å². The largest absolute Gasteiger partial charge is 0.450 e. The summed E-state index contributed by atoms with van der Waals surface area (Å²) in [4.78, 5) is 24.8. The quantitative estimate of drug-likeness (QED) is 0.805. The summed E-state index contributed by atoms with van der Waals surface area (Å²) in [5.74, 6) is -0.241. The van der Waals surface area contributed by atoms with Gasteiger partial charge in [0.05, 0.1) is 6.61 Å². The number of thioether (sulfide) groups is 1. The first-order chi connectivity index (χ1) is 11.1. The summed E-state index contributed by atoms with van der Waals surface area (Å²) >= 11 is 1.64. The molecule has 2 aromatic carbocycles. The van der Waals surface area contributed by atoms with E-state index in [1.807, 2.05) is 30.5 Å². The molecule has 0 aliphatic carbocycles. The van der Waals surface area contributed by atoms with Gasteiger partial charge >= 0.3 is 6.09 Å². The van der Waals surface area contributed by atoms with Crippen LogP contribution < -0.4 is 10.6 Å². The van der Waals surface area contributed by atoms with Gasteiger partial charge in [-0.25, -0.2) is 4.79 Å². The van der Waals surface area contributed by atoms with Crippen molar-refractivity contribution in [1.29, 1.82) is 0 Å². The molecular weight excluding hydrogens is 312 g/mol. The van der Waals surface area contributed by atoms with Crippen LogP contribution in [0, 0.1) is 0 Å². The first kappa shape index (κ1) is 16.9. The van der Waals surface area contributed by atoms with Crippen LogP contribution in [0.4, 0.5) is 16.2 Å². The van der Waals surface area contributed by atoms with Gasteiger partial charge in [-0.3, -0.25) is 10.1 Å². The van der Waals surface area contributed by atoms with Crippen molar-refractivity contribution in [2.75, 3.05) is 23.5 Å². The van der Waals surface area contributed by atoms with Gasteiger partial charge < -0.3 is 10.1 Å². The molecule has 2 rings (SSSR count). The van der Waals surface area contributed by atoms with Crippen LogP contribution in [0.2, 0.25) is 0 Å². The Morgan fingerprint density at radius 3 is 2.43 bits per heavy atom. The molecule has 2 aromatic rings. The van der Waals surface area contributed by atoms with Crippen molar-refractivity contribution in [2.24, 2.45) is 0 Å². The Morgan fingerprint density at radius 1 is 1.04 bits per heavy atom. The Hall–Kier alpha value is -2.47. The number of hydrogen-bond donors (Lipinski definition) is 2. The van der Waals surface area contributed by atoms with Crippen molar-refractivity contribution in [1.82, 2.24) is 0 Å². The average Bonchev–Trinajstić information content (AvgIpc) is 2.56. The minimum absolute atomic E-state index is 0.241. The molecular formula is C17H18N2O3S. The molecule has 0 radical (unpaired) electrons. The van der Waals surface area contributed by atoms with Gasteiger partial charge in [0.25, 0.3) is 5.91 Å². The standard InChI is InChI=1S/C17H18N2O3S/c1-3-22-17(21)19-14-6-4-5-12(11-14)16(20)18-13-7-9-15(23-2)10-8-13/h4-11H,3H2,1-2H3,(H,18,20)(H,19,21). The van der Waals surface area contributed by atoms with Gasteiger partial charge in [0.1, 0.15) is 0 Å². The molecule has 5 nitrogen and oxygen atoms in total. The number of hydrogen-bond acceptors (Lipinski definition) is 4. The fourth-order valence-corrected chi connectivity index (χ4v) is 2.31. The molecule has 0 saturated carbocycles. The van der Waals surface area contributed by atoms with Crippen LogP contribution >= 0.6 is 11.8 Å². The number of benzene rings is 2. The van der Waals surface area contributed by atoms with Gasteiger partial charge in [-0.1, -0.05) is 6.07 Å². The van der Waals surface area contributed by atoms with E-state index in [4.69, 9.17) is 4.74 Å². The predicted octanol–water partition coefficient (Wildman–Crippen LogP) is 4.23. The summed E-state index contributed by atoms with van der Waals surface area (Å²) in [6, 6.07) is 14.3. The monoisotopic (exact) mass is 330 g/mol. The van der Waals surface area contributed by atoms with Crippen LogP contribution in [0.25, 0.3) is 0 Å². The zero-order chi connectivity index (χ0) is 16.7. The molecule has 0 heterocycles. The normalized spacial score (nSPS) is 10.0. The number of nitrogens with one attached hydrogen (secondary N) is 2. The average molecular weight is 330 g/mol. The second-order valence-corrected chi connectivity index (χ2v) is 5.49. The Balaban J connectivity index is 2.05. The van der Waals surface area contributed by atoms with Gasteiger partial charge in [-0.2, -0.15) is 0 Å². The number of ether oxygens (including phenoxy) is 1. The summed E-state index contributed by atoms with van der Waals surface area (Å²) in [5, 5.41) is 5.40. The van der Waals surface area contributed by atoms with Crippen molar-refractivity contribution in [3.63, 3.8) is 0 Å². The lowest BCUT2D eigenvalue weighted by molar-refractivity contribution is 0.102. The van der Waals surface area contributed by atoms with Gasteiger partial charge in [0.15, 0.2) is 0 Å². The second-order valence-electron chi connectivity index (χ2n) is 4.61. The third kappa shape index (κ3) is 5.03. The Labute approximate surface area is 139 Å². The van der Waals surface area contributed by atoms with E-state index in [1.54, 1.807) is 43.0 Å². The SMILES string of the molecule is CCOC(=O)Nc1cccc(C(=O)Nc2ccc(SC)cc2)c1. The summed E-state index contributed by atoms with van der Waals surface area (Å²) < 4.78 is 4.81. The first-order valence-electron chi connectivity index (χ1n) is 7.11. The van der Waals surface area contributed by atoms with Crippen molar-refractivity contribution < 1.29 is 14.3 Å². The molecule has 2 N–H and O–H groups in total. The highest BCUT2D eigenvalue weighted by atomic mass is 32.2. The van der Waals surface area contributed by atoms with Crippen molar-refractivity contribution in [3.8, 4) is 0 Å². The topological polar surface area (TPSA) is 67.4 Å². The van der Waals surface area contributed by atoms with Gasteiger partial charge in [0.2, 0.25) is 0 Å². The fourth-order valence-electron chi connectivity index (χ4n) is 1.90. The highest BCUT2D eigenvalue weighted by molar-refractivity contribution is 7.98.